The smallest absolute Gasteiger partial charge is 0.263 e. The van der Waals surface area contributed by atoms with E-state index in [9.17, 15) is 4.79 Å². The van der Waals surface area contributed by atoms with E-state index in [0.29, 0.717) is 11.4 Å². The first-order valence-electron chi connectivity index (χ1n) is 8.21. The Morgan fingerprint density at radius 2 is 2.04 bits per heavy atom. The maximum Gasteiger partial charge on any atom is 0.263 e. The standard InChI is InChI=1S/C18H22N4OS/c1-5-13-17(24-12(4)20-13)18(23)19-10-16-21-14-8-6-7-9-15(14)22(16)11(2)3/h6-9,11H,5,10H2,1-4H3,(H,19,23). The minimum Gasteiger partial charge on any atom is -0.344 e. The number of para-hydroxylation sites is 2. The van der Waals surface area contributed by atoms with Crippen molar-refractivity contribution in [1.82, 2.24) is 19.9 Å². The lowest BCUT2D eigenvalue weighted by molar-refractivity contribution is 0.0952. The van der Waals surface area contributed by atoms with Gasteiger partial charge in [0, 0.05) is 6.04 Å². The van der Waals surface area contributed by atoms with E-state index >= 15 is 0 Å². The van der Waals surface area contributed by atoms with Gasteiger partial charge in [0.1, 0.15) is 10.7 Å². The molecule has 1 aromatic carbocycles. The number of thiazole rings is 1. The normalized spacial score (nSPS) is 11.4. The molecular weight excluding hydrogens is 320 g/mol. The number of nitrogens with zero attached hydrogens (tertiary/aromatic N) is 3. The second-order valence-electron chi connectivity index (χ2n) is 6.03. The van der Waals surface area contributed by atoms with Gasteiger partial charge >= 0.3 is 0 Å². The van der Waals surface area contributed by atoms with Crippen molar-refractivity contribution in [1.29, 1.82) is 0 Å². The molecule has 0 unspecified atom stereocenters. The molecule has 0 aliphatic heterocycles. The average Bonchev–Trinajstić information content (AvgIpc) is 3.12. The molecule has 0 aliphatic carbocycles. The molecule has 0 saturated heterocycles. The average molecular weight is 342 g/mol. The van der Waals surface area contributed by atoms with Gasteiger partial charge < -0.3 is 9.88 Å². The van der Waals surface area contributed by atoms with Crippen LogP contribution >= 0.6 is 11.3 Å². The highest BCUT2D eigenvalue weighted by Gasteiger charge is 2.17. The van der Waals surface area contributed by atoms with Crippen molar-refractivity contribution in [2.24, 2.45) is 0 Å². The molecular formula is C18H22N4OS. The first-order chi connectivity index (χ1) is 11.5. The van der Waals surface area contributed by atoms with Crippen LogP contribution in [0.5, 0.6) is 0 Å². The van der Waals surface area contributed by atoms with Crippen LogP contribution in [-0.4, -0.2) is 20.4 Å². The minimum atomic E-state index is -0.0696. The first-order valence-corrected chi connectivity index (χ1v) is 9.03. The van der Waals surface area contributed by atoms with Gasteiger partial charge in [-0.2, -0.15) is 0 Å². The topological polar surface area (TPSA) is 59.8 Å². The molecule has 1 N–H and O–H groups in total. The Morgan fingerprint density at radius 3 is 2.75 bits per heavy atom. The van der Waals surface area contributed by atoms with Crippen LogP contribution in [0.25, 0.3) is 11.0 Å². The van der Waals surface area contributed by atoms with Crippen molar-refractivity contribution in [2.75, 3.05) is 0 Å². The summed E-state index contributed by atoms with van der Waals surface area (Å²) in [5.74, 6) is 0.804. The van der Waals surface area contributed by atoms with E-state index in [4.69, 9.17) is 0 Å². The van der Waals surface area contributed by atoms with E-state index in [0.717, 1.165) is 34.0 Å². The van der Waals surface area contributed by atoms with Gasteiger partial charge in [-0.05, 0) is 39.3 Å². The number of nitrogens with one attached hydrogen (secondary N) is 1. The van der Waals surface area contributed by atoms with Crippen LogP contribution in [0.1, 0.15) is 53.0 Å². The summed E-state index contributed by atoms with van der Waals surface area (Å²) in [5, 5.41) is 3.93. The Hall–Kier alpha value is -2.21. The summed E-state index contributed by atoms with van der Waals surface area (Å²) in [6.45, 7) is 8.61. The molecule has 0 radical (unpaired) electrons. The highest BCUT2D eigenvalue weighted by molar-refractivity contribution is 7.13. The summed E-state index contributed by atoms with van der Waals surface area (Å²) in [4.78, 5) is 22.3. The lowest BCUT2D eigenvalue weighted by atomic mass is 10.3. The van der Waals surface area contributed by atoms with Crippen LogP contribution in [0.3, 0.4) is 0 Å². The van der Waals surface area contributed by atoms with Crippen LogP contribution < -0.4 is 5.32 Å². The van der Waals surface area contributed by atoms with Gasteiger partial charge in [0.05, 0.1) is 28.3 Å². The Kier molecular flexibility index (Phi) is 4.66. The summed E-state index contributed by atoms with van der Waals surface area (Å²) in [6, 6.07) is 8.34. The van der Waals surface area contributed by atoms with E-state index < -0.39 is 0 Å². The number of hydrogen-bond donors (Lipinski definition) is 1. The van der Waals surface area contributed by atoms with Crippen LogP contribution in [0.4, 0.5) is 0 Å². The zero-order valence-corrected chi connectivity index (χ0v) is 15.3. The molecule has 3 rings (SSSR count). The second-order valence-corrected chi connectivity index (χ2v) is 7.23. The molecule has 0 spiro atoms. The molecule has 0 saturated carbocycles. The zero-order chi connectivity index (χ0) is 17.3. The lowest BCUT2D eigenvalue weighted by Gasteiger charge is -2.13. The molecule has 1 amide bonds. The number of amides is 1. The molecule has 24 heavy (non-hydrogen) atoms. The van der Waals surface area contributed by atoms with Crippen molar-refractivity contribution in [2.45, 2.75) is 46.7 Å². The third-order valence-electron chi connectivity index (χ3n) is 3.94. The van der Waals surface area contributed by atoms with Gasteiger partial charge in [0.2, 0.25) is 0 Å². The fraction of sp³-hybridized carbons (Fsp3) is 0.389. The summed E-state index contributed by atoms with van der Waals surface area (Å²) >= 11 is 1.45. The third-order valence-corrected chi connectivity index (χ3v) is 4.95. The number of aryl methyl sites for hydroxylation is 2. The van der Waals surface area contributed by atoms with Crippen molar-refractivity contribution < 1.29 is 4.79 Å². The third kappa shape index (κ3) is 3.06. The van der Waals surface area contributed by atoms with Gasteiger partial charge in [-0.15, -0.1) is 11.3 Å². The van der Waals surface area contributed by atoms with Crippen molar-refractivity contribution in [3.05, 3.63) is 45.7 Å². The van der Waals surface area contributed by atoms with Crippen molar-refractivity contribution in [3.8, 4) is 0 Å². The van der Waals surface area contributed by atoms with E-state index in [1.165, 1.54) is 11.3 Å². The fourth-order valence-electron chi connectivity index (χ4n) is 2.92. The molecule has 0 atom stereocenters. The number of fused-ring (bicyclic) bond motifs is 1. The molecule has 126 valence electrons. The molecule has 0 fully saturated rings. The molecule has 2 heterocycles. The number of hydrogen-bond acceptors (Lipinski definition) is 4. The first kappa shape index (κ1) is 16.6. The maximum absolute atomic E-state index is 12.5. The molecule has 5 nitrogen and oxygen atoms in total. The van der Waals surface area contributed by atoms with Crippen LogP contribution in [0, 0.1) is 6.92 Å². The predicted molar refractivity (Wildman–Crippen MR) is 97.5 cm³/mol. The Labute approximate surface area is 145 Å². The zero-order valence-electron chi connectivity index (χ0n) is 14.5. The minimum absolute atomic E-state index is 0.0696. The highest BCUT2D eigenvalue weighted by atomic mass is 32.1. The number of aromatic nitrogens is 3. The van der Waals surface area contributed by atoms with E-state index in [-0.39, 0.29) is 11.9 Å². The second kappa shape index (κ2) is 6.73. The van der Waals surface area contributed by atoms with Crippen LogP contribution in [0.2, 0.25) is 0 Å². The molecule has 0 aliphatic rings. The molecule has 3 aromatic rings. The van der Waals surface area contributed by atoms with Gasteiger partial charge in [-0.25, -0.2) is 9.97 Å². The predicted octanol–water partition coefficient (Wildman–Crippen LogP) is 3.87. The summed E-state index contributed by atoms with van der Waals surface area (Å²) in [7, 11) is 0. The van der Waals surface area contributed by atoms with Crippen molar-refractivity contribution >= 4 is 28.3 Å². The number of carbonyl (C=O) groups excluding carboxylic acids is 1. The number of benzene rings is 1. The highest BCUT2D eigenvalue weighted by Crippen LogP contribution is 2.22. The lowest BCUT2D eigenvalue weighted by Crippen LogP contribution is -2.25. The Balaban J connectivity index is 1.85. The fourth-order valence-corrected chi connectivity index (χ4v) is 3.85. The SMILES string of the molecule is CCc1nc(C)sc1C(=O)NCc1nc2ccccc2n1C(C)C. The molecule has 6 heteroatoms. The van der Waals surface area contributed by atoms with Gasteiger partial charge in [-0.1, -0.05) is 19.1 Å². The van der Waals surface area contributed by atoms with E-state index in [1.807, 2.05) is 32.0 Å². The van der Waals surface area contributed by atoms with E-state index in [2.05, 4.69) is 39.8 Å². The molecule has 2 aromatic heterocycles. The van der Waals surface area contributed by atoms with Gasteiger partial charge in [0.25, 0.3) is 5.91 Å². The summed E-state index contributed by atoms with van der Waals surface area (Å²) in [6.07, 6.45) is 0.762. The largest absolute Gasteiger partial charge is 0.344 e. The van der Waals surface area contributed by atoms with Gasteiger partial charge in [-0.3, -0.25) is 4.79 Å². The Bertz CT molecular complexity index is 878. The quantitative estimate of drug-likeness (QED) is 0.765. The number of imidazole rings is 1. The monoisotopic (exact) mass is 342 g/mol. The van der Waals surface area contributed by atoms with Crippen molar-refractivity contribution in [3.63, 3.8) is 0 Å². The van der Waals surface area contributed by atoms with E-state index in [1.54, 1.807) is 0 Å². The van der Waals surface area contributed by atoms with Crippen LogP contribution in [-0.2, 0) is 13.0 Å². The molecule has 0 bridgehead atoms. The number of carbonyl (C=O) groups is 1. The number of rotatable bonds is 5. The summed E-state index contributed by atoms with van der Waals surface area (Å²) < 4.78 is 2.17. The summed E-state index contributed by atoms with van der Waals surface area (Å²) in [5.41, 5.74) is 2.92. The Morgan fingerprint density at radius 1 is 1.29 bits per heavy atom. The van der Waals surface area contributed by atoms with Crippen LogP contribution in [0.15, 0.2) is 24.3 Å². The maximum atomic E-state index is 12.5. The van der Waals surface area contributed by atoms with Gasteiger partial charge in [0.15, 0.2) is 0 Å².